The number of benzene rings is 2. The van der Waals surface area contributed by atoms with Crippen LogP contribution in [-0.2, 0) is 9.59 Å². The van der Waals surface area contributed by atoms with E-state index in [2.05, 4.69) is 15.8 Å². The third kappa shape index (κ3) is 6.47. The van der Waals surface area contributed by atoms with Crippen LogP contribution in [0.2, 0.25) is 0 Å². The summed E-state index contributed by atoms with van der Waals surface area (Å²) in [5.74, 6) is -0.0237. The Labute approximate surface area is 159 Å². The minimum absolute atomic E-state index is 0.0396. The van der Waals surface area contributed by atoms with Gasteiger partial charge in [0.1, 0.15) is 5.75 Å². The molecule has 0 bridgehead atoms. The number of carbonyl (C=O) groups excluding carboxylic acids is 2. The van der Waals surface area contributed by atoms with E-state index in [0.717, 1.165) is 11.3 Å². The number of methoxy groups -OCH3 is 1. The van der Waals surface area contributed by atoms with Gasteiger partial charge in [-0.1, -0.05) is 24.3 Å². The fourth-order valence-electron chi connectivity index (χ4n) is 2.28. The number of hydrogen-bond acceptors (Lipinski definition) is 5. The highest BCUT2D eigenvalue weighted by Gasteiger charge is 2.09. The Balaban J connectivity index is 1.76. The molecule has 2 aromatic carbocycles. The number of anilines is 2. The molecule has 0 saturated heterocycles. The number of para-hydroxylation sites is 2. The van der Waals surface area contributed by atoms with Crippen molar-refractivity contribution in [3.63, 3.8) is 0 Å². The first-order valence-electron chi connectivity index (χ1n) is 8.51. The standard InChI is InChI=1S/C20H24N4O3/c1-24(2)16-10-8-15(9-11-16)14-21-23-20(26)13-12-19(25)22-17-6-4-5-7-18(17)27-3/h4-11,14H,12-13H2,1-3H3,(H,22,25)(H,23,26)/b21-14+. The van der Waals surface area contributed by atoms with Crippen LogP contribution < -0.4 is 20.4 Å². The molecule has 7 nitrogen and oxygen atoms in total. The summed E-state index contributed by atoms with van der Waals surface area (Å²) in [6.07, 6.45) is 1.65. The van der Waals surface area contributed by atoms with Gasteiger partial charge in [-0.2, -0.15) is 5.10 Å². The lowest BCUT2D eigenvalue weighted by Gasteiger charge is -2.11. The van der Waals surface area contributed by atoms with E-state index in [1.165, 1.54) is 7.11 Å². The van der Waals surface area contributed by atoms with Crippen molar-refractivity contribution >= 4 is 29.4 Å². The molecule has 2 rings (SSSR count). The van der Waals surface area contributed by atoms with Crippen LogP contribution in [0, 0.1) is 0 Å². The second-order valence-electron chi connectivity index (χ2n) is 6.03. The van der Waals surface area contributed by atoms with Crippen molar-refractivity contribution in [3.8, 4) is 5.75 Å². The number of rotatable bonds is 8. The van der Waals surface area contributed by atoms with Crippen LogP contribution in [0.1, 0.15) is 18.4 Å². The molecule has 2 amide bonds. The van der Waals surface area contributed by atoms with E-state index in [1.54, 1.807) is 24.4 Å². The minimum Gasteiger partial charge on any atom is -0.495 e. The molecule has 0 saturated carbocycles. The van der Waals surface area contributed by atoms with E-state index in [4.69, 9.17) is 4.74 Å². The molecule has 0 fully saturated rings. The average molecular weight is 368 g/mol. The highest BCUT2D eigenvalue weighted by Crippen LogP contribution is 2.23. The van der Waals surface area contributed by atoms with Gasteiger partial charge in [0.2, 0.25) is 11.8 Å². The van der Waals surface area contributed by atoms with Crippen molar-refractivity contribution in [2.45, 2.75) is 12.8 Å². The van der Waals surface area contributed by atoms with Crippen LogP contribution in [0.25, 0.3) is 0 Å². The molecule has 0 spiro atoms. The topological polar surface area (TPSA) is 83.0 Å². The third-order valence-corrected chi connectivity index (χ3v) is 3.77. The van der Waals surface area contributed by atoms with Crippen LogP contribution in [0.5, 0.6) is 5.75 Å². The molecule has 0 unspecified atom stereocenters. The predicted molar refractivity (Wildman–Crippen MR) is 107 cm³/mol. The van der Waals surface area contributed by atoms with E-state index < -0.39 is 0 Å². The van der Waals surface area contributed by atoms with Crippen LogP contribution in [0.4, 0.5) is 11.4 Å². The summed E-state index contributed by atoms with van der Waals surface area (Å²) in [7, 11) is 5.46. The van der Waals surface area contributed by atoms with Crippen molar-refractivity contribution in [1.82, 2.24) is 5.43 Å². The monoisotopic (exact) mass is 368 g/mol. The Hall–Kier alpha value is -3.35. The number of ether oxygens (including phenoxy) is 1. The largest absolute Gasteiger partial charge is 0.495 e. The van der Waals surface area contributed by atoms with Gasteiger partial charge in [-0.05, 0) is 29.8 Å². The molecule has 0 atom stereocenters. The Morgan fingerprint density at radius 3 is 2.37 bits per heavy atom. The van der Waals surface area contributed by atoms with Crippen LogP contribution >= 0.6 is 0 Å². The fraction of sp³-hybridized carbons (Fsp3) is 0.250. The first-order chi connectivity index (χ1) is 13.0. The first kappa shape index (κ1) is 20.0. The van der Waals surface area contributed by atoms with E-state index >= 15 is 0 Å². The van der Waals surface area contributed by atoms with Crippen LogP contribution in [0.3, 0.4) is 0 Å². The van der Waals surface area contributed by atoms with Crippen LogP contribution in [0.15, 0.2) is 53.6 Å². The van der Waals surface area contributed by atoms with Gasteiger partial charge >= 0.3 is 0 Å². The fourth-order valence-corrected chi connectivity index (χ4v) is 2.28. The maximum absolute atomic E-state index is 12.0. The molecule has 0 aliphatic heterocycles. The Morgan fingerprint density at radius 1 is 1.04 bits per heavy atom. The Kier molecular flexibility index (Phi) is 7.37. The molecule has 0 radical (unpaired) electrons. The van der Waals surface area contributed by atoms with E-state index in [9.17, 15) is 9.59 Å². The number of carbonyl (C=O) groups is 2. The molecule has 142 valence electrons. The van der Waals surface area contributed by atoms with Crippen molar-refractivity contribution in [3.05, 3.63) is 54.1 Å². The summed E-state index contributed by atoms with van der Waals surface area (Å²) in [4.78, 5) is 25.8. The van der Waals surface area contributed by atoms with Gasteiger partial charge in [-0.25, -0.2) is 5.43 Å². The second kappa shape index (κ2) is 9.96. The highest BCUT2D eigenvalue weighted by molar-refractivity contribution is 5.94. The van der Waals surface area contributed by atoms with Crippen LogP contribution in [-0.4, -0.2) is 39.2 Å². The van der Waals surface area contributed by atoms with Gasteiger partial charge in [0.05, 0.1) is 19.0 Å². The summed E-state index contributed by atoms with van der Waals surface area (Å²) in [5.41, 5.74) is 4.95. The third-order valence-electron chi connectivity index (χ3n) is 3.77. The quantitative estimate of drug-likeness (QED) is 0.554. The number of amides is 2. The number of nitrogens with zero attached hydrogens (tertiary/aromatic N) is 2. The van der Waals surface area contributed by atoms with Gasteiger partial charge in [-0.3, -0.25) is 9.59 Å². The van der Waals surface area contributed by atoms with Gasteiger partial charge in [0.25, 0.3) is 0 Å². The summed E-state index contributed by atoms with van der Waals surface area (Å²) >= 11 is 0. The molecule has 27 heavy (non-hydrogen) atoms. The van der Waals surface area contributed by atoms with Crippen molar-refractivity contribution in [2.24, 2.45) is 5.10 Å². The number of hydrazone groups is 1. The molecule has 0 aromatic heterocycles. The second-order valence-corrected chi connectivity index (χ2v) is 6.03. The minimum atomic E-state index is -0.327. The van der Waals surface area contributed by atoms with Crippen molar-refractivity contribution in [2.75, 3.05) is 31.4 Å². The van der Waals surface area contributed by atoms with E-state index in [0.29, 0.717) is 11.4 Å². The summed E-state index contributed by atoms with van der Waals surface area (Å²) < 4.78 is 5.17. The normalized spacial score (nSPS) is 10.5. The maximum atomic E-state index is 12.0. The zero-order valence-electron chi connectivity index (χ0n) is 15.7. The van der Waals surface area contributed by atoms with Crippen molar-refractivity contribution < 1.29 is 14.3 Å². The zero-order valence-corrected chi connectivity index (χ0v) is 15.7. The molecule has 2 N–H and O–H groups in total. The van der Waals surface area contributed by atoms with Gasteiger partial charge in [0.15, 0.2) is 0 Å². The Morgan fingerprint density at radius 2 is 1.70 bits per heavy atom. The van der Waals surface area contributed by atoms with Gasteiger partial charge in [-0.15, -0.1) is 0 Å². The highest BCUT2D eigenvalue weighted by atomic mass is 16.5. The first-order valence-corrected chi connectivity index (χ1v) is 8.51. The molecule has 0 aliphatic rings. The lowest BCUT2D eigenvalue weighted by Crippen LogP contribution is -2.20. The lowest BCUT2D eigenvalue weighted by atomic mass is 10.2. The Bertz CT molecular complexity index is 801. The predicted octanol–water partition coefficient (Wildman–Crippen LogP) is 2.63. The summed E-state index contributed by atoms with van der Waals surface area (Å²) in [6, 6.07) is 14.8. The van der Waals surface area contributed by atoms with Gasteiger partial charge < -0.3 is 15.0 Å². The van der Waals surface area contributed by atoms with Crippen molar-refractivity contribution in [1.29, 1.82) is 0 Å². The summed E-state index contributed by atoms with van der Waals surface area (Å²) in [6.45, 7) is 0. The smallest absolute Gasteiger partial charge is 0.240 e. The SMILES string of the molecule is COc1ccccc1NC(=O)CCC(=O)N/N=C/c1ccc(N(C)C)cc1. The van der Waals surface area contributed by atoms with E-state index in [-0.39, 0.29) is 24.7 Å². The summed E-state index contributed by atoms with van der Waals surface area (Å²) in [5, 5.41) is 6.64. The number of hydrogen-bond donors (Lipinski definition) is 2. The molecule has 0 heterocycles. The van der Waals surface area contributed by atoms with Gasteiger partial charge in [0, 0.05) is 32.6 Å². The molecule has 0 aliphatic carbocycles. The molecular weight excluding hydrogens is 344 g/mol. The lowest BCUT2D eigenvalue weighted by molar-refractivity contribution is -0.124. The zero-order chi connectivity index (χ0) is 19.6. The molecule has 2 aromatic rings. The maximum Gasteiger partial charge on any atom is 0.240 e. The number of nitrogens with one attached hydrogen (secondary N) is 2. The van der Waals surface area contributed by atoms with E-state index in [1.807, 2.05) is 49.3 Å². The molecular formula is C20H24N4O3. The molecule has 7 heteroatoms. The average Bonchev–Trinajstić information content (AvgIpc) is 2.67.